The van der Waals surface area contributed by atoms with Gasteiger partial charge in [-0.15, -0.1) is 12.4 Å². The second-order valence-corrected chi connectivity index (χ2v) is 6.66. The van der Waals surface area contributed by atoms with E-state index in [4.69, 9.17) is 5.73 Å². The number of nitrogens with zero attached hydrogens (tertiary/aromatic N) is 1. The zero-order chi connectivity index (χ0) is 15.4. The number of amides is 1. The van der Waals surface area contributed by atoms with Crippen molar-refractivity contribution < 1.29 is 4.79 Å². The SMILES string of the molecule is CCC(CC)(CN)C(=O)Nc1cc(CC(C)(C)C)[nH]n1.Cl. The van der Waals surface area contributed by atoms with Crippen LogP contribution in [0.2, 0.25) is 0 Å². The molecule has 0 saturated heterocycles. The van der Waals surface area contributed by atoms with Crippen LogP contribution >= 0.6 is 12.4 Å². The van der Waals surface area contributed by atoms with Crippen LogP contribution in [0.4, 0.5) is 5.82 Å². The lowest BCUT2D eigenvalue weighted by Gasteiger charge is -2.27. The number of nitrogens with one attached hydrogen (secondary N) is 2. The van der Waals surface area contributed by atoms with Gasteiger partial charge in [-0.05, 0) is 24.7 Å². The summed E-state index contributed by atoms with van der Waals surface area (Å²) in [7, 11) is 0. The van der Waals surface area contributed by atoms with Crippen LogP contribution in [0.3, 0.4) is 0 Å². The number of rotatable bonds is 6. The van der Waals surface area contributed by atoms with Crippen molar-refractivity contribution in [3.8, 4) is 0 Å². The fourth-order valence-corrected chi connectivity index (χ4v) is 2.29. The van der Waals surface area contributed by atoms with E-state index in [0.717, 1.165) is 25.0 Å². The molecule has 1 heterocycles. The Labute approximate surface area is 133 Å². The summed E-state index contributed by atoms with van der Waals surface area (Å²) in [5.41, 5.74) is 6.50. The van der Waals surface area contributed by atoms with E-state index in [1.807, 2.05) is 19.9 Å². The van der Waals surface area contributed by atoms with Crippen molar-refractivity contribution in [1.29, 1.82) is 0 Å². The monoisotopic (exact) mass is 316 g/mol. The van der Waals surface area contributed by atoms with Crippen LogP contribution in [0.15, 0.2) is 6.07 Å². The molecule has 0 saturated carbocycles. The lowest BCUT2D eigenvalue weighted by Crippen LogP contribution is -2.41. The Morgan fingerprint density at radius 2 is 1.90 bits per heavy atom. The van der Waals surface area contributed by atoms with Gasteiger partial charge in [-0.3, -0.25) is 9.89 Å². The van der Waals surface area contributed by atoms with Gasteiger partial charge in [0.05, 0.1) is 5.41 Å². The molecular formula is C15H29ClN4O. The number of carbonyl (C=O) groups is 1. The van der Waals surface area contributed by atoms with Gasteiger partial charge in [0.25, 0.3) is 0 Å². The van der Waals surface area contributed by atoms with Gasteiger partial charge in [-0.2, -0.15) is 5.10 Å². The molecule has 1 aromatic rings. The van der Waals surface area contributed by atoms with Crippen molar-refractivity contribution in [1.82, 2.24) is 10.2 Å². The van der Waals surface area contributed by atoms with Crippen LogP contribution in [0.1, 0.15) is 53.2 Å². The first-order valence-electron chi connectivity index (χ1n) is 7.32. The summed E-state index contributed by atoms with van der Waals surface area (Å²) in [4.78, 5) is 12.4. The zero-order valence-electron chi connectivity index (χ0n) is 13.7. The maximum atomic E-state index is 12.4. The first-order valence-corrected chi connectivity index (χ1v) is 7.32. The third-order valence-corrected chi connectivity index (χ3v) is 3.82. The van der Waals surface area contributed by atoms with Gasteiger partial charge in [0.15, 0.2) is 5.82 Å². The van der Waals surface area contributed by atoms with Crippen LogP contribution in [0.5, 0.6) is 0 Å². The highest BCUT2D eigenvalue weighted by atomic mass is 35.5. The fraction of sp³-hybridized carbons (Fsp3) is 0.733. The Bertz CT molecular complexity index is 439. The summed E-state index contributed by atoms with van der Waals surface area (Å²) in [6.07, 6.45) is 2.34. The van der Waals surface area contributed by atoms with E-state index in [1.54, 1.807) is 0 Å². The molecule has 5 nitrogen and oxygen atoms in total. The van der Waals surface area contributed by atoms with Crippen LogP contribution in [-0.2, 0) is 11.2 Å². The summed E-state index contributed by atoms with van der Waals surface area (Å²) >= 11 is 0. The highest BCUT2D eigenvalue weighted by Gasteiger charge is 2.33. The molecule has 6 heteroatoms. The molecule has 1 amide bonds. The van der Waals surface area contributed by atoms with Crippen molar-refractivity contribution in [2.45, 2.75) is 53.9 Å². The minimum absolute atomic E-state index is 0. The molecule has 0 aliphatic rings. The van der Waals surface area contributed by atoms with Crippen LogP contribution < -0.4 is 11.1 Å². The number of aromatic amines is 1. The molecule has 122 valence electrons. The molecular weight excluding hydrogens is 288 g/mol. The van der Waals surface area contributed by atoms with Gasteiger partial charge in [0.1, 0.15) is 0 Å². The first kappa shape index (κ1) is 19.9. The molecule has 1 aromatic heterocycles. The highest BCUT2D eigenvalue weighted by molar-refractivity contribution is 5.94. The third-order valence-electron chi connectivity index (χ3n) is 3.82. The number of carbonyl (C=O) groups excluding carboxylic acids is 1. The maximum Gasteiger partial charge on any atom is 0.233 e. The summed E-state index contributed by atoms with van der Waals surface area (Å²) in [5.74, 6) is 0.535. The number of nitrogens with two attached hydrogens (primary N) is 1. The number of hydrogen-bond acceptors (Lipinski definition) is 3. The Morgan fingerprint density at radius 3 is 2.33 bits per heavy atom. The predicted octanol–water partition coefficient (Wildman–Crippen LogP) is 3.12. The van der Waals surface area contributed by atoms with Gasteiger partial charge in [0.2, 0.25) is 5.91 Å². The molecule has 0 bridgehead atoms. The van der Waals surface area contributed by atoms with Crippen molar-refractivity contribution in [3.63, 3.8) is 0 Å². The number of halogens is 1. The van der Waals surface area contributed by atoms with Gasteiger partial charge in [0, 0.05) is 18.3 Å². The van der Waals surface area contributed by atoms with E-state index in [1.165, 1.54) is 0 Å². The van der Waals surface area contributed by atoms with E-state index in [-0.39, 0.29) is 23.7 Å². The average molecular weight is 317 g/mol. The fourth-order valence-electron chi connectivity index (χ4n) is 2.29. The van der Waals surface area contributed by atoms with E-state index in [2.05, 4.69) is 36.3 Å². The lowest BCUT2D eigenvalue weighted by molar-refractivity contribution is -0.125. The largest absolute Gasteiger partial charge is 0.329 e. The molecule has 0 atom stereocenters. The highest BCUT2D eigenvalue weighted by Crippen LogP contribution is 2.27. The third kappa shape index (κ3) is 5.32. The molecule has 21 heavy (non-hydrogen) atoms. The van der Waals surface area contributed by atoms with Crippen LogP contribution in [0.25, 0.3) is 0 Å². The second-order valence-electron chi connectivity index (χ2n) is 6.66. The van der Waals surface area contributed by atoms with Gasteiger partial charge < -0.3 is 11.1 Å². The normalized spacial score (nSPS) is 11.9. The molecule has 0 aliphatic carbocycles. The molecule has 1 rings (SSSR count). The van der Waals surface area contributed by atoms with E-state index >= 15 is 0 Å². The summed E-state index contributed by atoms with van der Waals surface area (Å²) in [6.45, 7) is 10.8. The number of hydrogen-bond donors (Lipinski definition) is 3. The summed E-state index contributed by atoms with van der Waals surface area (Å²) in [5, 5.41) is 10.0. The van der Waals surface area contributed by atoms with Crippen LogP contribution in [0, 0.1) is 10.8 Å². The number of aromatic nitrogens is 2. The Morgan fingerprint density at radius 1 is 1.33 bits per heavy atom. The van der Waals surface area contributed by atoms with Crippen molar-refractivity contribution in [2.75, 3.05) is 11.9 Å². The standard InChI is InChI=1S/C15H28N4O.ClH/c1-6-15(7-2,10-16)13(20)17-12-8-11(18-19-12)9-14(3,4)5;/h8H,6-7,9-10,16H2,1-5H3,(H2,17,18,19,20);1H. The molecule has 0 spiro atoms. The van der Waals surface area contributed by atoms with Gasteiger partial charge >= 0.3 is 0 Å². The summed E-state index contributed by atoms with van der Waals surface area (Å²) < 4.78 is 0. The predicted molar refractivity (Wildman–Crippen MR) is 89.7 cm³/mol. The molecule has 4 N–H and O–H groups in total. The van der Waals surface area contributed by atoms with Gasteiger partial charge in [-0.25, -0.2) is 0 Å². The topological polar surface area (TPSA) is 83.8 Å². The van der Waals surface area contributed by atoms with E-state index in [9.17, 15) is 4.79 Å². The molecule has 0 unspecified atom stereocenters. The quantitative estimate of drug-likeness (QED) is 0.754. The van der Waals surface area contributed by atoms with Crippen molar-refractivity contribution >= 4 is 24.1 Å². The maximum absolute atomic E-state index is 12.4. The molecule has 0 aliphatic heterocycles. The number of anilines is 1. The second kappa shape index (κ2) is 7.80. The molecule has 0 fully saturated rings. The van der Waals surface area contributed by atoms with Crippen molar-refractivity contribution in [2.24, 2.45) is 16.6 Å². The molecule has 0 aromatic carbocycles. The van der Waals surface area contributed by atoms with E-state index < -0.39 is 5.41 Å². The lowest BCUT2D eigenvalue weighted by atomic mass is 9.81. The smallest absolute Gasteiger partial charge is 0.233 e. The van der Waals surface area contributed by atoms with Gasteiger partial charge in [-0.1, -0.05) is 34.6 Å². The zero-order valence-corrected chi connectivity index (χ0v) is 14.6. The Hall–Kier alpha value is -1.07. The van der Waals surface area contributed by atoms with Crippen LogP contribution in [-0.4, -0.2) is 22.6 Å². The first-order chi connectivity index (χ1) is 9.26. The minimum atomic E-state index is -0.497. The molecule has 0 radical (unpaired) electrons. The average Bonchev–Trinajstić information content (AvgIpc) is 2.77. The minimum Gasteiger partial charge on any atom is -0.329 e. The number of H-pyrrole nitrogens is 1. The van der Waals surface area contributed by atoms with Crippen molar-refractivity contribution in [3.05, 3.63) is 11.8 Å². The Balaban J connectivity index is 0.00000400. The van der Waals surface area contributed by atoms with E-state index in [0.29, 0.717) is 12.4 Å². The Kier molecular flexibility index (Phi) is 7.40. The summed E-state index contributed by atoms with van der Waals surface area (Å²) in [6, 6.07) is 1.90.